The summed E-state index contributed by atoms with van der Waals surface area (Å²) in [5.41, 5.74) is 4.69. The standard InChI is InChI=1S/C11H18BN2O2/c1-10(2,15)11(3,4)16-12-8-5-6-9(13)14-7-8/h5-7,15H,1-4H3,(H2,13,14). The molecule has 0 spiro atoms. The van der Waals surface area contributed by atoms with Crippen LogP contribution in [0.15, 0.2) is 18.3 Å². The van der Waals surface area contributed by atoms with Crippen molar-refractivity contribution in [1.82, 2.24) is 4.98 Å². The molecule has 0 fully saturated rings. The number of nitrogen functional groups attached to an aromatic ring is 1. The van der Waals surface area contributed by atoms with E-state index >= 15 is 0 Å². The normalized spacial score (nSPS) is 12.6. The van der Waals surface area contributed by atoms with Crippen molar-refractivity contribution < 1.29 is 9.76 Å². The van der Waals surface area contributed by atoms with Gasteiger partial charge >= 0.3 is 7.48 Å². The Hall–Kier alpha value is -1.07. The zero-order chi connectivity index (χ0) is 12.4. The van der Waals surface area contributed by atoms with Crippen molar-refractivity contribution in [2.45, 2.75) is 38.9 Å². The van der Waals surface area contributed by atoms with Gasteiger partial charge in [0, 0.05) is 6.20 Å². The van der Waals surface area contributed by atoms with Crippen molar-refractivity contribution in [3.05, 3.63) is 18.3 Å². The van der Waals surface area contributed by atoms with Crippen LogP contribution in [-0.2, 0) is 4.65 Å². The Kier molecular flexibility index (Phi) is 3.60. The van der Waals surface area contributed by atoms with Gasteiger partial charge in [-0.25, -0.2) is 4.98 Å². The third-order valence-corrected chi connectivity index (χ3v) is 2.77. The molecule has 3 N–H and O–H groups in total. The van der Waals surface area contributed by atoms with Gasteiger partial charge < -0.3 is 15.5 Å². The van der Waals surface area contributed by atoms with Gasteiger partial charge in [0.05, 0.1) is 11.2 Å². The quantitative estimate of drug-likeness (QED) is 0.725. The molecule has 4 nitrogen and oxygen atoms in total. The SMILES string of the molecule is CC(C)(O)C(C)(C)O[B]c1ccc(N)nc1. The van der Waals surface area contributed by atoms with E-state index in [1.165, 1.54) is 0 Å². The number of hydrogen-bond donors (Lipinski definition) is 2. The molecule has 0 aromatic carbocycles. The first-order valence-corrected chi connectivity index (χ1v) is 5.17. The monoisotopic (exact) mass is 221 g/mol. The van der Waals surface area contributed by atoms with E-state index in [0.29, 0.717) is 5.82 Å². The van der Waals surface area contributed by atoms with Crippen LogP contribution in [0, 0.1) is 0 Å². The number of anilines is 1. The molecule has 1 aromatic rings. The second-order valence-corrected chi connectivity index (χ2v) is 4.82. The predicted octanol–water partition coefficient (Wildman–Crippen LogP) is 0.474. The summed E-state index contributed by atoms with van der Waals surface area (Å²) in [6, 6.07) is 3.51. The summed E-state index contributed by atoms with van der Waals surface area (Å²) in [4.78, 5) is 3.95. The third-order valence-electron chi connectivity index (χ3n) is 2.77. The minimum absolute atomic E-state index is 0.471. The Morgan fingerprint density at radius 1 is 1.31 bits per heavy atom. The fourth-order valence-electron chi connectivity index (χ4n) is 0.846. The van der Waals surface area contributed by atoms with Crippen LogP contribution in [0.5, 0.6) is 0 Å². The summed E-state index contributed by atoms with van der Waals surface area (Å²) in [5.74, 6) is 0.471. The molecule has 5 heteroatoms. The van der Waals surface area contributed by atoms with E-state index in [0.717, 1.165) is 5.46 Å². The van der Waals surface area contributed by atoms with Gasteiger partial charge in [-0.05, 0) is 39.2 Å². The first kappa shape index (κ1) is 13.0. The van der Waals surface area contributed by atoms with Gasteiger partial charge in [-0.2, -0.15) is 0 Å². The first-order valence-electron chi connectivity index (χ1n) is 5.17. The summed E-state index contributed by atoms with van der Waals surface area (Å²) < 4.78 is 5.56. The third kappa shape index (κ3) is 3.22. The van der Waals surface area contributed by atoms with Crippen LogP contribution in [0.4, 0.5) is 5.82 Å². The molecule has 0 unspecified atom stereocenters. The van der Waals surface area contributed by atoms with Crippen molar-refractivity contribution in [3.63, 3.8) is 0 Å². The van der Waals surface area contributed by atoms with Crippen LogP contribution in [0.1, 0.15) is 27.7 Å². The van der Waals surface area contributed by atoms with Gasteiger partial charge in [-0.3, -0.25) is 0 Å². The molecule has 0 aliphatic heterocycles. The Morgan fingerprint density at radius 2 is 1.94 bits per heavy atom. The average Bonchev–Trinajstić information content (AvgIpc) is 2.15. The molecule has 87 valence electrons. The highest BCUT2D eigenvalue weighted by Crippen LogP contribution is 2.24. The number of pyridine rings is 1. The molecule has 1 rings (SSSR count). The Labute approximate surface area is 97.1 Å². The van der Waals surface area contributed by atoms with Crippen molar-refractivity contribution in [2.75, 3.05) is 5.73 Å². The van der Waals surface area contributed by atoms with Crippen LogP contribution in [0.25, 0.3) is 0 Å². The van der Waals surface area contributed by atoms with Gasteiger partial charge in [0.1, 0.15) is 5.82 Å². The lowest BCUT2D eigenvalue weighted by Crippen LogP contribution is -2.49. The zero-order valence-electron chi connectivity index (χ0n) is 10.2. The highest BCUT2D eigenvalue weighted by molar-refractivity contribution is 6.46. The van der Waals surface area contributed by atoms with E-state index < -0.39 is 11.2 Å². The van der Waals surface area contributed by atoms with Gasteiger partial charge in [-0.15, -0.1) is 0 Å². The van der Waals surface area contributed by atoms with E-state index in [-0.39, 0.29) is 0 Å². The minimum atomic E-state index is -0.926. The van der Waals surface area contributed by atoms with E-state index in [2.05, 4.69) is 4.98 Å². The maximum absolute atomic E-state index is 9.89. The second kappa shape index (κ2) is 4.43. The maximum Gasteiger partial charge on any atom is 0.332 e. The predicted molar refractivity (Wildman–Crippen MR) is 65.5 cm³/mol. The highest BCUT2D eigenvalue weighted by Gasteiger charge is 2.35. The smallest absolute Gasteiger partial charge is 0.332 e. The summed E-state index contributed by atoms with van der Waals surface area (Å²) >= 11 is 0. The van der Waals surface area contributed by atoms with Crippen molar-refractivity contribution in [3.8, 4) is 0 Å². The van der Waals surface area contributed by atoms with Gasteiger partial charge in [-0.1, -0.05) is 6.07 Å². The number of nitrogens with two attached hydrogens (primary N) is 1. The molecule has 1 aromatic heterocycles. The number of aliphatic hydroxyl groups is 1. The lowest BCUT2D eigenvalue weighted by atomic mass is 9.83. The van der Waals surface area contributed by atoms with Crippen molar-refractivity contribution in [1.29, 1.82) is 0 Å². The molecule has 0 atom stereocenters. The zero-order valence-corrected chi connectivity index (χ0v) is 10.2. The second-order valence-electron chi connectivity index (χ2n) is 4.82. The lowest BCUT2D eigenvalue weighted by molar-refractivity contribution is -0.0893. The van der Waals surface area contributed by atoms with E-state index in [4.69, 9.17) is 10.4 Å². The molecule has 1 radical (unpaired) electrons. The van der Waals surface area contributed by atoms with Crippen LogP contribution < -0.4 is 11.2 Å². The molecule has 0 aliphatic rings. The molecule has 0 aliphatic carbocycles. The van der Waals surface area contributed by atoms with E-state index in [1.807, 2.05) is 19.9 Å². The van der Waals surface area contributed by atoms with Gasteiger partial charge in [0.25, 0.3) is 0 Å². The minimum Gasteiger partial charge on any atom is -0.427 e. The molecule has 0 bridgehead atoms. The van der Waals surface area contributed by atoms with Crippen LogP contribution in [-0.4, -0.2) is 28.8 Å². The van der Waals surface area contributed by atoms with Crippen LogP contribution in [0.2, 0.25) is 0 Å². The molecule has 16 heavy (non-hydrogen) atoms. The van der Waals surface area contributed by atoms with Gasteiger partial charge in [0.15, 0.2) is 0 Å². The van der Waals surface area contributed by atoms with Crippen LogP contribution >= 0.6 is 0 Å². The Morgan fingerprint density at radius 3 is 2.38 bits per heavy atom. The number of aromatic nitrogens is 1. The fraction of sp³-hybridized carbons (Fsp3) is 0.545. The number of hydrogen-bond acceptors (Lipinski definition) is 4. The molecule has 0 saturated heterocycles. The topological polar surface area (TPSA) is 68.4 Å². The number of rotatable bonds is 4. The van der Waals surface area contributed by atoms with Crippen molar-refractivity contribution in [2.24, 2.45) is 0 Å². The number of nitrogens with zero attached hydrogens (tertiary/aromatic N) is 1. The fourth-order valence-corrected chi connectivity index (χ4v) is 0.846. The average molecular weight is 221 g/mol. The summed E-state index contributed by atoms with van der Waals surface area (Å²) in [6.07, 6.45) is 1.62. The van der Waals surface area contributed by atoms with Crippen LogP contribution in [0.3, 0.4) is 0 Å². The summed E-state index contributed by atoms with van der Waals surface area (Å²) in [6.45, 7) is 7.08. The molecular weight excluding hydrogens is 203 g/mol. The highest BCUT2D eigenvalue weighted by atomic mass is 16.5. The first-order chi connectivity index (χ1) is 7.22. The van der Waals surface area contributed by atoms with Gasteiger partial charge in [0.2, 0.25) is 0 Å². The molecular formula is C11H18BN2O2. The Bertz CT molecular complexity index is 344. The van der Waals surface area contributed by atoms with Crippen molar-refractivity contribution >= 4 is 18.8 Å². The largest absolute Gasteiger partial charge is 0.427 e. The summed E-state index contributed by atoms with van der Waals surface area (Å²) in [7, 11) is 1.57. The lowest BCUT2D eigenvalue weighted by Gasteiger charge is -2.37. The van der Waals surface area contributed by atoms with E-state index in [9.17, 15) is 5.11 Å². The molecule has 1 heterocycles. The Balaban J connectivity index is 2.61. The molecule has 0 amide bonds. The summed E-state index contributed by atoms with van der Waals surface area (Å²) in [5, 5.41) is 9.89. The van der Waals surface area contributed by atoms with E-state index in [1.54, 1.807) is 33.6 Å². The molecule has 0 saturated carbocycles. The maximum atomic E-state index is 9.89.